The molecule has 0 fully saturated rings. The fourth-order valence-corrected chi connectivity index (χ4v) is 0.800. The van der Waals surface area contributed by atoms with Gasteiger partial charge in [0.1, 0.15) is 6.61 Å². The van der Waals surface area contributed by atoms with Crippen molar-refractivity contribution < 1.29 is 32.8 Å². The van der Waals surface area contributed by atoms with Gasteiger partial charge in [-0.25, -0.2) is 0 Å². The van der Waals surface area contributed by atoms with Gasteiger partial charge < -0.3 is 4.84 Å². The number of rotatable bonds is 6. The van der Waals surface area contributed by atoms with Crippen LogP contribution in [-0.4, -0.2) is 35.2 Å². The Morgan fingerprint density at radius 2 is 1.79 bits per heavy atom. The van der Waals surface area contributed by atoms with Crippen LogP contribution in [0.5, 0.6) is 0 Å². The Kier molecular flexibility index (Phi) is 3.97. The second-order valence-electron chi connectivity index (χ2n) is 1.79. The number of hydrogen-bond acceptors (Lipinski definition) is 8. The zero-order chi connectivity index (χ0) is 11.4. The molecule has 1 unspecified atom stereocenters. The molecule has 12 heteroatoms. The smallest absolute Gasteiger partial charge is 0.295 e. The van der Waals surface area contributed by atoms with Gasteiger partial charge in [-0.3, -0.25) is 9.39 Å². The van der Waals surface area contributed by atoms with Crippen molar-refractivity contribution in [1.82, 2.24) is 0 Å². The molecule has 1 atom stereocenters. The van der Waals surface area contributed by atoms with E-state index < -0.39 is 32.3 Å². The summed E-state index contributed by atoms with van der Waals surface area (Å²) < 4.78 is 28.9. The predicted molar refractivity (Wildman–Crippen MR) is 36.4 cm³/mol. The van der Waals surface area contributed by atoms with Crippen molar-refractivity contribution in [3.63, 3.8) is 0 Å². The lowest BCUT2D eigenvalue weighted by atomic mass is 10.8. The van der Waals surface area contributed by atoms with Gasteiger partial charge in [0.2, 0.25) is 0 Å². The molecule has 0 saturated carbocycles. The first-order chi connectivity index (χ1) is 6.23. The first-order valence-electron chi connectivity index (χ1n) is 2.78. The largest absolute Gasteiger partial charge is 0.310 e. The molecule has 0 rings (SSSR count). The minimum absolute atomic E-state index is 1.30. The molecule has 11 nitrogen and oxygen atoms in total. The third-order valence-corrected chi connectivity index (χ3v) is 1.74. The summed E-state index contributed by atoms with van der Waals surface area (Å²) in [6.07, 6.45) is 0. The van der Waals surface area contributed by atoms with E-state index in [1.54, 1.807) is 0 Å². The normalized spacial score (nSPS) is 12.9. The molecule has 0 aliphatic heterocycles. The Balaban J connectivity index is 4.42. The van der Waals surface area contributed by atoms with Crippen LogP contribution in [0.3, 0.4) is 0 Å². The fraction of sp³-hybridized carbons (Fsp3) is 1.00. The van der Waals surface area contributed by atoms with Gasteiger partial charge in [-0.15, -0.1) is 20.2 Å². The van der Waals surface area contributed by atoms with Crippen LogP contribution >= 0.6 is 0 Å². The molecule has 1 N–H and O–H groups in total. The second kappa shape index (κ2) is 4.52. The number of nitrogens with zero attached hydrogens (tertiary/aromatic N) is 2. The highest BCUT2D eigenvalue weighted by Crippen LogP contribution is 2.02. The average molecular weight is 232 g/mol. The quantitative estimate of drug-likeness (QED) is 0.330. The Morgan fingerprint density at radius 3 is 2.07 bits per heavy atom. The zero-order valence-electron chi connectivity index (χ0n) is 6.30. The summed E-state index contributed by atoms with van der Waals surface area (Å²) in [7, 11) is -4.95. The highest BCUT2D eigenvalue weighted by Gasteiger charge is 2.28. The van der Waals surface area contributed by atoms with E-state index in [9.17, 15) is 28.6 Å². The van der Waals surface area contributed by atoms with Crippen LogP contribution in [0.15, 0.2) is 0 Å². The van der Waals surface area contributed by atoms with Gasteiger partial charge in [0.05, 0.1) is 0 Å². The lowest BCUT2D eigenvalue weighted by Crippen LogP contribution is -2.32. The molecule has 0 bridgehead atoms. The number of hydrogen-bond donors (Lipinski definition) is 1. The molecular formula is C2H4N2O9S. The van der Waals surface area contributed by atoms with E-state index in [-0.39, 0.29) is 0 Å². The Bertz CT molecular complexity index is 320. The molecule has 0 heterocycles. The molecule has 0 amide bonds. The van der Waals surface area contributed by atoms with Crippen LogP contribution in [0.2, 0.25) is 0 Å². The summed E-state index contributed by atoms with van der Waals surface area (Å²) >= 11 is 0. The lowest BCUT2D eigenvalue weighted by Gasteiger charge is -2.09. The highest BCUT2D eigenvalue weighted by atomic mass is 32.2. The maximum Gasteiger partial charge on any atom is 0.295 e. The monoisotopic (exact) mass is 232 g/mol. The maximum absolute atomic E-state index is 10.3. The predicted octanol–water partition coefficient (Wildman–Crippen LogP) is -1.38. The van der Waals surface area contributed by atoms with Gasteiger partial charge in [-0.1, -0.05) is 0 Å². The third kappa shape index (κ3) is 5.04. The standard InChI is InChI=1S/C2H4N2O9S/c5-3(6)12-1-2(13-4(7)8)14(9,10)11/h2H,1H2,(H,9,10,11). The van der Waals surface area contributed by atoms with Crippen LogP contribution in [-0.2, 0) is 19.8 Å². The van der Waals surface area contributed by atoms with Crippen molar-refractivity contribution in [2.24, 2.45) is 0 Å². The van der Waals surface area contributed by atoms with E-state index in [0.717, 1.165) is 0 Å². The first-order valence-corrected chi connectivity index (χ1v) is 4.28. The summed E-state index contributed by atoms with van der Waals surface area (Å²) in [6.45, 7) is -1.30. The second-order valence-corrected chi connectivity index (χ2v) is 3.35. The van der Waals surface area contributed by atoms with Crippen LogP contribution in [0.1, 0.15) is 0 Å². The van der Waals surface area contributed by atoms with E-state index in [1.165, 1.54) is 0 Å². The van der Waals surface area contributed by atoms with E-state index in [1.807, 2.05) is 0 Å². The summed E-state index contributed by atoms with van der Waals surface area (Å²) in [5.74, 6) is 0. The van der Waals surface area contributed by atoms with Gasteiger partial charge in [-0.05, 0) is 0 Å². The van der Waals surface area contributed by atoms with Gasteiger partial charge in [-0.2, -0.15) is 8.42 Å². The topological polar surface area (TPSA) is 159 Å². The Hall–Kier alpha value is -1.69. The third-order valence-electron chi connectivity index (χ3n) is 0.852. The molecule has 0 saturated heterocycles. The van der Waals surface area contributed by atoms with Crippen molar-refractivity contribution in [3.05, 3.63) is 20.2 Å². The van der Waals surface area contributed by atoms with E-state index >= 15 is 0 Å². The van der Waals surface area contributed by atoms with Gasteiger partial charge in [0, 0.05) is 0 Å². The molecule has 0 aromatic rings. The van der Waals surface area contributed by atoms with Crippen molar-refractivity contribution in [2.75, 3.05) is 6.61 Å². The molecule has 0 aliphatic carbocycles. The Labute approximate surface area is 76.2 Å². The van der Waals surface area contributed by atoms with Crippen molar-refractivity contribution in [1.29, 1.82) is 0 Å². The summed E-state index contributed by atoms with van der Waals surface area (Å²) in [4.78, 5) is 26.2. The summed E-state index contributed by atoms with van der Waals surface area (Å²) in [6, 6.07) is 0. The van der Waals surface area contributed by atoms with Crippen LogP contribution in [0.4, 0.5) is 0 Å². The van der Waals surface area contributed by atoms with E-state index in [4.69, 9.17) is 4.55 Å². The van der Waals surface area contributed by atoms with Gasteiger partial charge in [0.15, 0.2) is 0 Å². The van der Waals surface area contributed by atoms with Gasteiger partial charge >= 0.3 is 0 Å². The van der Waals surface area contributed by atoms with Gasteiger partial charge in [0.25, 0.3) is 25.7 Å². The van der Waals surface area contributed by atoms with Crippen molar-refractivity contribution in [3.8, 4) is 0 Å². The van der Waals surface area contributed by atoms with E-state index in [0.29, 0.717) is 0 Å². The highest BCUT2D eigenvalue weighted by molar-refractivity contribution is 7.86. The molecule has 0 aliphatic rings. The fourth-order valence-electron chi connectivity index (χ4n) is 0.389. The first kappa shape index (κ1) is 12.3. The molecule has 0 spiro atoms. The minimum atomic E-state index is -4.95. The minimum Gasteiger partial charge on any atom is -0.310 e. The molecular weight excluding hydrogens is 228 g/mol. The molecule has 14 heavy (non-hydrogen) atoms. The SMILES string of the molecule is O=[N+]([O-])OCC(O[N+](=O)[O-])S(=O)(=O)O. The summed E-state index contributed by atoms with van der Waals surface area (Å²) in [5.41, 5.74) is -2.44. The molecule has 0 aromatic heterocycles. The zero-order valence-corrected chi connectivity index (χ0v) is 7.12. The molecule has 82 valence electrons. The average Bonchev–Trinajstić information content (AvgIpc) is 1.94. The molecule has 0 radical (unpaired) electrons. The van der Waals surface area contributed by atoms with E-state index in [2.05, 4.69) is 9.68 Å². The maximum atomic E-state index is 10.3. The lowest BCUT2D eigenvalue weighted by molar-refractivity contribution is -0.784. The molecule has 0 aromatic carbocycles. The van der Waals surface area contributed by atoms with Crippen LogP contribution in [0.25, 0.3) is 0 Å². The summed E-state index contributed by atoms with van der Waals surface area (Å²) in [5, 5.41) is 16.4. The van der Waals surface area contributed by atoms with Crippen molar-refractivity contribution in [2.45, 2.75) is 5.44 Å². The van der Waals surface area contributed by atoms with Crippen LogP contribution < -0.4 is 0 Å². The van der Waals surface area contributed by atoms with Crippen molar-refractivity contribution >= 4 is 10.1 Å². The van der Waals surface area contributed by atoms with Crippen LogP contribution in [0, 0.1) is 20.2 Å². The Morgan fingerprint density at radius 1 is 1.29 bits per heavy atom.